The first-order chi connectivity index (χ1) is 13.5. The molecule has 0 aliphatic carbocycles. The number of nitrogens with one attached hydrogen (secondary N) is 2. The highest BCUT2D eigenvalue weighted by atomic mass is 32.1. The summed E-state index contributed by atoms with van der Waals surface area (Å²) in [4.78, 5) is 31.4. The number of carbonyl (C=O) groups is 2. The van der Waals surface area contributed by atoms with Crippen LogP contribution < -0.4 is 20.1 Å². The molecular formula is C19H17N3O4S2. The van der Waals surface area contributed by atoms with E-state index in [0.717, 1.165) is 20.3 Å². The van der Waals surface area contributed by atoms with Gasteiger partial charge in [0.15, 0.2) is 16.6 Å². The zero-order valence-electron chi connectivity index (χ0n) is 15.2. The van der Waals surface area contributed by atoms with Gasteiger partial charge in [-0.2, -0.15) is 0 Å². The maximum Gasteiger partial charge on any atom is 0.261 e. The molecule has 2 aromatic heterocycles. The summed E-state index contributed by atoms with van der Waals surface area (Å²) in [5, 5.41) is 6.15. The van der Waals surface area contributed by atoms with Crippen LogP contribution in [0.25, 0.3) is 10.6 Å². The number of fused-ring (bicyclic) bond motifs is 1. The number of thiophene rings is 1. The van der Waals surface area contributed by atoms with Gasteiger partial charge in [0.05, 0.1) is 22.7 Å². The van der Waals surface area contributed by atoms with Crippen LogP contribution in [0.2, 0.25) is 0 Å². The Hall–Kier alpha value is -2.91. The number of hydrogen-bond acceptors (Lipinski definition) is 7. The molecule has 0 unspecified atom stereocenters. The van der Waals surface area contributed by atoms with Crippen LogP contribution in [0.5, 0.6) is 11.5 Å². The number of thiazole rings is 1. The lowest BCUT2D eigenvalue weighted by Gasteiger charge is -2.05. The van der Waals surface area contributed by atoms with Gasteiger partial charge in [0.1, 0.15) is 0 Å². The third-order valence-electron chi connectivity index (χ3n) is 4.06. The Morgan fingerprint density at radius 1 is 1.18 bits per heavy atom. The van der Waals surface area contributed by atoms with E-state index in [-0.39, 0.29) is 18.6 Å². The van der Waals surface area contributed by atoms with Crippen molar-refractivity contribution < 1.29 is 19.1 Å². The molecule has 3 aromatic rings. The van der Waals surface area contributed by atoms with Crippen molar-refractivity contribution in [1.82, 2.24) is 10.3 Å². The Kier molecular flexibility index (Phi) is 5.01. The molecule has 9 heteroatoms. The lowest BCUT2D eigenvalue weighted by molar-refractivity contribution is -0.119. The van der Waals surface area contributed by atoms with Gasteiger partial charge in [-0.1, -0.05) is 6.07 Å². The molecule has 0 spiro atoms. The molecule has 0 atom stereocenters. The summed E-state index contributed by atoms with van der Waals surface area (Å²) in [5.74, 6) is 0.662. The fraction of sp³-hybridized carbons (Fsp3) is 0.211. The summed E-state index contributed by atoms with van der Waals surface area (Å²) in [5.41, 5.74) is 1.25. The Balaban J connectivity index is 1.51. The number of amides is 2. The van der Waals surface area contributed by atoms with E-state index in [2.05, 4.69) is 15.6 Å². The molecule has 7 nitrogen and oxygen atoms in total. The van der Waals surface area contributed by atoms with Gasteiger partial charge < -0.3 is 14.8 Å². The molecule has 4 rings (SSSR count). The molecule has 0 fully saturated rings. The van der Waals surface area contributed by atoms with Crippen molar-refractivity contribution in [3.8, 4) is 22.1 Å². The zero-order valence-corrected chi connectivity index (χ0v) is 16.8. The van der Waals surface area contributed by atoms with E-state index in [9.17, 15) is 9.59 Å². The van der Waals surface area contributed by atoms with Gasteiger partial charge in [-0.05, 0) is 31.2 Å². The standard InChI is InChI=1S/C19H17N3O4S2/c1-10-16(15-7-6-12(28-15)8-20-11(2)23)21-19(27-10)22-18(24)13-4-3-5-14-17(13)26-9-25-14/h3-7H,8-9H2,1-2H3,(H,20,23)(H,21,22,24). The van der Waals surface area contributed by atoms with E-state index in [1.54, 1.807) is 29.5 Å². The molecule has 0 bridgehead atoms. The number of rotatable bonds is 5. The number of anilines is 1. The van der Waals surface area contributed by atoms with Crippen molar-refractivity contribution in [2.75, 3.05) is 12.1 Å². The quantitative estimate of drug-likeness (QED) is 0.662. The van der Waals surface area contributed by atoms with E-state index in [0.29, 0.717) is 28.7 Å². The predicted octanol–water partition coefficient (Wildman–Crippen LogP) is 3.80. The summed E-state index contributed by atoms with van der Waals surface area (Å²) < 4.78 is 10.7. The lowest BCUT2D eigenvalue weighted by atomic mass is 10.2. The molecule has 1 aliphatic heterocycles. The first-order valence-corrected chi connectivity index (χ1v) is 10.2. The lowest BCUT2D eigenvalue weighted by Crippen LogP contribution is -2.17. The molecule has 3 heterocycles. The minimum Gasteiger partial charge on any atom is -0.454 e. The molecule has 2 amide bonds. The van der Waals surface area contributed by atoms with E-state index < -0.39 is 0 Å². The summed E-state index contributed by atoms with van der Waals surface area (Å²) in [6.45, 7) is 4.06. The van der Waals surface area contributed by atoms with Gasteiger partial charge in [0.25, 0.3) is 5.91 Å². The van der Waals surface area contributed by atoms with Crippen LogP contribution in [0, 0.1) is 6.92 Å². The fourth-order valence-electron chi connectivity index (χ4n) is 2.76. The van der Waals surface area contributed by atoms with Gasteiger partial charge >= 0.3 is 0 Å². The highest BCUT2D eigenvalue weighted by Gasteiger charge is 2.23. The molecular weight excluding hydrogens is 398 g/mol. The highest BCUT2D eigenvalue weighted by Crippen LogP contribution is 2.37. The predicted molar refractivity (Wildman–Crippen MR) is 108 cm³/mol. The second-order valence-electron chi connectivity index (χ2n) is 6.09. The van der Waals surface area contributed by atoms with Crippen LogP contribution in [0.3, 0.4) is 0 Å². The van der Waals surface area contributed by atoms with Gasteiger partial charge in [0, 0.05) is 16.7 Å². The van der Waals surface area contributed by atoms with Crippen molar-refractivity contribution in [2.45, 2.75) is 20.4 Å². The maximum absolute atomic E-state index is 12.7. The number of carbonyl (C=O) groups excluding carboxylic acids is 2. The van der Waals surface area contributed by atoms with Crippen LogP contribution in [0.4, 0.5) is 5.13 Å². The minimum absolute atomic E-state index is 0.0634. The molecule has 0 saturated heterocycles. The normalized spacial score (nSPS) is 12.1. The largest absolute Gasteiger partial charge is 0.454 e. The number of aryl methyl sites for hydroxylation is 1. The van der Waals surface area contributed by atoms with Crippen LogP contribution in [-0.2, 0) is 11.3 Å². The number of benzene rings is 1. The molecule has 0 radical (unpaired) electrons. The first kappa shape index (κ1) is 18.5. The van der Waals surface area contributed by atoms with Crippen LogP contribution in [-0.4, -0.2) is 23.6 Å². The smallest absolute Gasteiger partial charge is 0.261 e. The van der Waals surface area contributed by atoms with Crippen molar-refractivity contribution in [3.05, 3.63) is 45.6 Å². The maximum atomic E-state index is 12.7. The van der Waals surface area contributed by atoms with Gasteiger partial charge in [-0.15, -0.1) is 22.7 Å². The van der Waals surface area contributed by atoms with Crippen molar-refractivity contribution in [3.63, 3.8) is 0 Å². The van der Waals surface area contributed by atoms with E-state index >= 15 is 0 Å². The van der Waals surface area contributed by atoms with Gasteiger partial charge in [-0.25, -0.2) is 4.98 Å². The second-order valence-corrected chi connectivity index (χ2v) is 8.46. The van der Waals surface area contributed by atoms with Gasteiger partial charge in [-0.3, -0.25) is 14.9 Å². The third kappa shape index (κ3) is 3.71. The molecule has 1 aromatic carbocycles. The SMILES string of the molecule is CC(=O)NCc1ccc(-c2nc(NC(=O)c3cccc4c3OCO4)sc2C)s1. The van der Waals surface area contributed by atoms with Crippen LogP contribution in [0.15, 0.2) is 30.3 Å². The molecule has 144 valence electrons. The molecule has 2 N–H and O–H groups in total. The number of nitrogens with zero attached hydrogens (tertiary/aromatic N) is 1. The topological polar surface area (TPSA) is 89.6 Å². The Bertz CT molecular complexity index is 1060. The Morgan fingerprint density at radius 2 is 2.04 bits per heavy atom. The zero-order chi connectivity index (χ0) is 19.7. The van der Waals surface area contributed by atoms with E-state index in [1.165, 1.54) is 18.3 Å². The average molecular weight is 415 g/mol. The van der Waals surface area contributed by atoms with Crippen LogP contribution >= 0.6 is 22.7 Å². The first-order valence-electron chi connectivity index (χ1n) is 8.52. The Labute approximate surface area is 169 Å². The summed E-state index contributed by atoms with van der Waals surface area (Å²) in [7, 11) is 0. The van der Waals surface area contributed by atoms with E-state index in [4.69, 9.17) is 9.47 Å². The van der Waals surface area contributed by atoms with Gasteiger partial charge in [0.2, 0.25) is 12.7 Å². The monoisotopic (exact) mass is 415 g/mol. The summed E-state index contributed by atoms with van der Waals surface area (Å²) in [6.07, 6.45) is 0. The number of aromatic nitrogens is 1. The highest BCUT2D eigenvalue weighted by molar-refractivity contribution is 7.18. The number of ether oxygens (including phenoxy) is 2. The Morgan fingerprint density at radius 3 is 2.86 bits per heavy atom. The fourth-order valence-corrected chi connectivity index (χ4v) is 4.65. The van der Waals surface area contributed by atoms with Crippen molar-refractivity contribution in [2.24, 2.45) is 0 Å². The average Bonchev–Trinajstić information content (AvgIpc) is 3.38. The minimum atomic E-state index is -0.292. The number of para-hydroxylation sites is 1. The number of hydrogen-bond donors (Lipinski definition) is 2. The third-order valence-corrected chi connectivity index (χ3v) is 6.04. The van der Waals surface area contributed by atoms with Crippen molar-refractivity contribution in [1.29, 1.82) is 0 Å². The molecule has 28 heavy (non-hydrogen) atoms. The van der Waals surface area contributed by atoms with Crippen LogP contribution in [0.1, 0.15) is 27.0 Å². The van der Waals surface area contributed by atoms with Crippen molar-refractivity contribution >= 4 is 39.6 Å². The second kappa shape index (κ2) is 7.61. The summed E-state index contributed by atoms with van der Waals surface area (Å²) in [6, 6.07) is 9.16. The molecule has 1 aliphatic rings. The van der Waals surface area contributed by atoms with E-state index in [1.807, 2.05) is 19.1 Å². The molecule has 0 saturated carbocycles. The summed E-state index contributed by atoms with van der Waals surface area (Å²) >= 11 is 2.98.